The average Bonchev–Trinajstić information content (AvgIpc) is 3.84. The second-order valence-corrected chi connectivity index (χ2v) is 26.9. The van der Waals surface area contributed by atoms with Crippen molar-refractivity contribution < 1.29 is 0 Å². The topological polar surface area (TPSA) is 32.3 Å². The number of hydrogen-bond donors (Lipinski definition) is 0. The summed E-state index contributed by atoms with van der Waals surface area (Å²) in [4.78, 5) is 13.7. The van der Waals surface area contributed by atoms with Gasteiger partial charge in [0.2, 0.25) is 0 Å². The first-order valence-electron chi connectivity index (χ1n) is 29.5. The lowest BCUT2D eigenvalue weighted by atomic mass is 9.81. The standard InChI is InChI=1S/C79H74N4/c1-75(2,3)55-25-29-57(30-26-55)82(61-15-13-41-80-49-61)59-33-39-67-65-37-23-53(45-71(65)78(9,10)73(67)47-59)19-17-51-21-35-63-64-36-22-52(44-70(64)77(7,8)69(63)43-51)18-20-54-24-38-66-68-40-34-60(48-74(68)79(11,12)72(66)46-54)83(62-16-14-42-81-50-62)58-31-27-56(28-32-58)76(4,5)6/h13-50H,1-12H3/b19-17+,20-18+. The molecule has 0 spiro atoms. The van der Waals surface area contributed by atoms with Crippen LogP contribution in [0.2, 0.25) is 0 Å². The number of benzene rings is 8. The van der Waals surface area contributed by atoms with Crippen LogP contribution in [0.3, 0.4) is 0 Å². The van der Waals surface area contributed by atoms with Crippen LogP contribution < -0.4 is 9.80 Å². The van der Waals surface area contributed by atoms with Crippen molar-refractivity contribution in [3.05, 3.63) is 274 Å². The van der Waals surface area contributed by atoms with Gasteiger partial charge in [0.05, 0.1) is 23.8 Å². The van der Waals surface area contributed by atoms with Gasteiger partial charge in [-0.2, -0.15) is 0 Å². The first-order chi connectivity index (χ1) is 39.6. The van der Waals surface area contributed by atoms with Crippen LogP contribution in [-0.4, -0.2) is 9.97 Å². The Bertz CT molecular complexity index is 3950. The minimum absolute atomic E-state index is 0.0744. The van der Waals surface area contributed by atoms with Gasteiger partial charge in [-0.3, -0.25) is 9.97 Å². The third-order valence-electron chi connectivity index (χ3n) is 18.3. The molecular formula is C79H74N4. The first kappa shape index (κ1) is 53.5. The Morgan fingerprint density at radius 2 is 0.566 bits per heavy atom. The lowest BCUT2D eigenvalue weighted by molar-refractivity contribution is 0.590. The minimum Gasteiger partial charge on any atom is -0.309 e. The summed E-state index contributed by atoms with van der Waals surface area (Å²) < 4.78 is 0. The van der Waals surface area contributed by atoms with Crippen LogP contribution >= 0.6 is 0 Å². The highest BCUT2D eigenvalue weighted by molar-refractivity contribution is 5.90. The summed E-state index contributed by atoms with van der Waals surface area (Å²) in [5, 5.41) is 0. The van der Waals surface area contributed by atoms with Crippen LogP contribution in [0.25, 0.3) is 57.7 Å². The summed E-state index contributed by atoms with van der Waals surface area (Å²) in [6.07, 6.45) is 16.8. The van der Waals surface area contributed by atoms with Gasteiger partial charge in [0.1, 0.15) is 0 Å². The predicted molar refractivity (Wildman–Crippen MR) is 352 cm³/mol. The van der Waals surface area contributed by atoms with Crippen molar-refractivity contribution >= 4 is 58.4 Å². The van der Waals surface area contributed by atoms with E-state index in [9.17, 15) is 0 Å². The third kappa shape index (κ3) is 9.33. The molecule has 3 aliphatic carbocycles. The highest BCUT2D eigenvalue weighted by Gasteiger charge is 2.39. The van der Waals surface area contributed by atoms with Crippen molar-refractivity contribution in [2.45, 2.75) is 110 Å². The molecule has 410 valence electrons. The third-order valence-corrected chi connectivity index (χ3v) is 18.3. The van der Waals surface area contributed by atoms with Crippen LogP contribution in [0.4, 0.5) is 34.1 Å². The molecule has 10 aromatic rings. The minimum atomic E-state index is -0.194. The summed E-state index contributed by atoms with van der Waals surface area (Å²) in [5.74, 6) is 0. The predicted octanol–water partition coefficient (Wildman–Crippen LogP) is 21.3. The molecule has 0 atom stereocenters. The van der Waals surface area contributed by atoms with E-state index in [1.807, 2.05) is 36.9 Å². The van der Waals surface area contributed by atoms with E-state index in [1.54, 1.807) is 0 Å². The lowest BCUT2D eigenvalue weighted by Gasteiger charge is -2.28. The van der Waals surface area contributed by atoms with E-state index in [-0.39, 0.29) is 27.1 Å². The summed E-state index contributed by atoms with van der Waals surface area (Å²) in [5.41, 5.74) is 29.6. The first-order valence-corrected chi connectivity index (χ1v) is 29.5. The van der Waals surface area contributed by atoms with E-state index >= 15 is 0 Å². The van der Waals surface area contributed by atoms with Crippen molar-refractivity contribution in [3.63, 3.8) is 0 Å². The molecule has 4 heteroatoms. The highest BCUT2D eigenvalue weighted by atomic mass is 15.2. The van der Waals surface area contributed by atoms with Crippen LogP contribution in [0.5, 0.6) is 0 Å². The highest BCUT2D eigenvalue weighted by Crippen LogP contribution is 2.54. The molecule has 0 saturated carbocycles. The van der Waals surface area contributed by atoms with E-state index in [2.05, 4.69) is 297 Å². The van der Waals surface area contributed by atoms with Crippen molar-refractivity contribution in [1.82, 2.24) is 9.97 Å². The molecule has 0 N–H and O–H groups in total. The fraction of sp³-hybridized carbons (Fsp3) is 0.215. The smallest absolute Gasteiger partial charge is 0.0644 e. The zero-order chi connectivity index (χ0) is 57.8. The van der Waals surface area contributed by atoms with Gasteiger partial charge < -0.3 is 9.80 Å². The molecule has 2 aromatic heterocycles. The maximum absolute atomic E-state index is 4.53. The van der Waals surface area contributed by atoms with Crippen LogP contribution in [-0.2, 0) is 27.1 Å². The zero-order valence-corrected chi connectivity index (χ0v) is 50.2. The molecule has 0 amide bonds. The largest absolute Gasteiger partial charge is 0.309 e. The van der Waals surface area contributed by atoms with Gasteiger partial charge >= 0.3 is 0 Å². The van der Waals surface area contributed by atoms with Crippen molar-refractivity contribution in [2.75, 3.05) is 9.80 Å². The molecule has 3 aliphatic rings. The molecule has 8 aromatic carbocycles. The summed E-state index contributed by atoms with van der Waals surface area (Å²) in [7, 11) is 0. The Morgan fingerprint density at radius 1 is 0.301 bits per heavy atom. The molecule has 83 heavy (non-hydrogen) atoms. The maximum Gasteiger partial charge on any atom is 0.0644 e. The molecule has 4 nitrogen and oxygen atoms in total. The Morgan fingerprint density at radius 3 is 0.831 bits per heavy atom. The molecule has 0 saturated heterocycles. The van der Waals surface area contributed by atoms with Crippen LogP contribution in [0.1, 0.15) is 150 Å². The second-order valence-electron chi connectivity index (χ2n) is 26.9. The second kappa shape index (κ2) is 19.7. The fourth-order valence-electron chi connectivity index (χ4n) is 13.4. The molecule has 0 unspecified atom stereocenters. The number of anilines is 6. The summed E-state index contributed by atoms with van der Waals surface area (Å²) >= 11 is 0. The molecule has 2 heterocycles. The van der Waals surface area contributed by atoms with Gasteiger partial charge in [0, 0.05) is 51.4 Å². The Balaban J connectivity index is 0.724. The number of rotatable bonds is 10. The van der Waals surface area contributed by atoms with Gasteiger partial charge in [-0.15, -0.1) is 0 Å². The van der Waals surface area contributed by atoms with Crippen LogP contribution in [0.15, 0.2) is 207 Å². The zero-order valence-electron chi connectivity index (χ0n) is 50.2. The van der Waals surface area contributed by atoms with Crippen molar-refractivity contribution in [3.8, 4) is 33.4 Å². The SMILES string of the molecule is CC(C)(C)c1ccc(N(c2cccnc2)c2ccc3c(c2)C(C)(C)c2cc(/C=C/c4ccc5c(c4)C(C)(C)c4cc(/C=C/c6ccc7c(c6)C(C)(C)c6cc(N(c8ccc(C(C)(C)C)cc8)c8cccnc8)ccc6-7)ccc4-5)ccc2-3)cc1. The average molecular weight is 1080 g/mol. The van der Waals surface area contributed by atoms with E-state index in [4.69, 9.17) is 0 Å². The van der Waals surface area contributed by atoms with Gasteiger partial charge in [-0.1, -0.05) is 217 Å². The Hall–Kier alpha value is -8.86. The fourth-order valence-corrected chi connectivity index (χ4v) is 13.4. The normalized spacial score (nSPS) is 14.9. The van der Waals surface area contributed by atoms with Gasteiger partial charge in [0.15, 0.2) is 0 Å². The quantitative estimate of drug-likeness (QED) is 0.128. The number of pyridine rings is 2. The molecule has 0 aliphatic heterocycles. The van der Waals surface area contributed by atoms with Gasteiger partial charge in [-0.05, 0) is 184 Å². The number of hydrogen-bond acceptors (Lipinski definition) is 4. The van der Waals surface area contributed by atoms with E-state index in [1.165, 1.54) is 100 Å². The number of fused-ring (bicyclic) bond motifs is 9. The molecule has 13 rings (SSSR count). The van der Waals surface area contributed by atoms with E-state index < -0.39 is 0 Å². The van der Waals surface area contributed by atoms with E-state index in [0.29, 0.717) is 0 Å². The molecule has 0 fully saturated rings. The Labute approximate surface area is 492 Å². The van der Waals surface area contributed by atoms with Crippen LogP contribution in [0, 0.1) is 0 Å². The van der Waals surface area contributed by atoms with Gasteiger partial charge in [0.25, 0.3) is 0 Å². The summed E-state index contributed by atoms with van der Waals surface area (Å²) in [6, 6.07) is 68.4. The monoisotopic (exact) mass is 1080 g/mol. The number of aromatic nitrogens is 2. The molecule has 0 bridgehead atoms. The van der Waals surface area contributed by atoms with Gasteiger partial charge in [-0.25, -0.2) is 0 Å². The molecule has 0 radical (unpaired) electrons. The molecular weight excluding hydrogens is 1000 g/mol. The number of nitrogens with zero attached hydrogens (tertiary/aromatic N) is 4. The summed E-state index contributed by atoms with van der Waals surface area (Å²) in [6.45, 7) is 27.8. The van der Waals surface area contributed by atoms with Crippen molar-refractivity contribution in [2.24, 2.45) is 0 Å². The maximum atomic E-state index is 4.53. The Kier molecular flexibility index (Phi) is 12.7. The van der Waals surface area contributed by atoms with E-state index in [0.717, 1.165) is 34.1 Å². The van der Waals surface area contributed by atoms with Crippen molar-refractivity contribution in [1.29, 1.82) is 0 Å². The lowest BCUT2D eigenvalue weighted by Crippen LogP contribution is -2.17.